The van der Waals surface area contributed by atoms with Gasteiger partial charge in [0.25, 0.3) is 0 Å². The predicted octanol–water partition coefficient (Wildman–Crippen LogP) is 0.401. The minimum atomic E-state index is -3.37. The highest BCUT2D eigenvalue weighted by atomic mass is 32.2. The molecule has 3 N–H and O–H groups in total. The number of benzene rings is 1. The molecule has 1 aromatic carbocycles. The maximum Gasteiger partial charge on any atom is 0.216 e. The van der Waals surface area contributed by atoms with Gasteiger partial charge in [-0.05, 0) is 63.1 Å². The molecule has 0 amide bonds. The van der Waals surface area contributed by atoms with E-state index in [1.54, 1.807) is 45.0 Å². The quantitative estimate of drug-likeness (QED) is 0.589. The molecule has 1 atom stereocenters. The summed E-state index contributed by atoms with van der Waals surface area (Å²) in [6.45, 7) is 5.04. The van der Waals surface area contributed by atoms with E-state index < -0.39 is 14.8 Å². The number of rotatable bonds is 6. The normalized spacial score (nSPS) is 22.0. The molecule has 0 saturated heterocycles. The van der Waals surface area contributed by atoms with Gasteiger partial charge in [0.2, 0.25) is 10.0 Å². The molecule has 2 aromatic rings. The molecular weight excluding hydrogens is 382 g/mol. The number of hydroxylamine groups is 1. The first-order chi connectivity index (χ1) is 13.2. The van der Waals surface area contributed by atoms with E-state index in [0.29, 0.717) is 31.4 Å². The number of hydrogen-bond acceptors (Lipinski definition) is 7. The van der Waals surface area contributed by atoms with Crippen LogP contribution >= 0.6 is 0 Å². The van der Waals surface area contributed by atoms with E-state index in [1.807, 2.05) is 0 Å². The van der Waals surface area contributed by atoms with E-state index >= 15 is 0 Å². The largest absolute Gasteiger partial charge is 0.608 e. The van der Waals surface area contributed by atoms with E-state index in [9.17, 15) is 13.6 Å². The Balaban J connectivity index is 1.51. The maximum atomic E-state index is 12.5. The molecule has 1 aliphatic carbocycles. The SMILES string of the molecule is CC(C)(C)S(=O)(=O)NC1CCC([NH+]([O-])Nc2ccc(-n3ncnn3)cc2)CC1. The van der Waals surface area contributed by atoms with Crippen LogP contribution in [0.25, 0.3) is 5.69 Å². The fourth-order valence-electron chi connectivity index (χ4n) is 3.08. The summed E-state index contributed by atoms with van der Waals surface area (Å²) in [6, 6.07) is 6.96. The second-order valence-electron chi connectivity index (χ2n) is 8.04. The third-order valence-electron chi connectivity index (χ3n) is 4.94. The number of nitrogens with one attached hydrogen (secondary N) is 3. The third-order valence-corrected chi connectivity index (χ3v) is 7.20. The van der Waals surface area contributed by atoms with Gasteiger partial charge in [0.05, 0.1) is 16.1 Å². The van der Waals surface area contributed by atoms with Crippen molar-refractivity contribution >= 4 is 15.7 Å². The van der Waals surface area contributed by atoms with Crippen LogP contribution in [0.15, 0.2) is 30.6 Å². The zero-order valence-corrected chi connectivity index (χ0v) is 17.1. The summed E-state index contributed by atoms with van der Waals surface area (Å²) in [5, 5.41) is 23.9. The predicted molar refractivity (Wildman–Crippen MR) is 105 cm³/mol. The van der Waals surface area contributed by atoms with Crippen LogP contribution < -0.4 is 15.3 Å². The lowest BCUT2D eigenvalue weighted by atomic mass is 9.92. The number of quaternary nitrogens is 1. The van der Waals surface area contributed by atoms with Gasteiger partial charge in [0.15, 0.2) is 6.33 Å². The molecule has 0 bridgehead atoms. The molecule has 11 heteroatoms. The first kappa shape index (κ1) is 20.6. The molecule has 1 aliphatic rings. The van der Waals surface area contributed by atoms with Crippen molar-refractivity contribution in [2.24, 2.45) is 0 Å². The molecule has 1 aromatic heterocycles. The smallest absolute Gasteiger partial charge is 0.216 e. The zero-order chi connectivity index (χ0) is 20.4. The number of tetrazole rings is 1. The van der Waals surface area contributed by atoms with Crippen LogP contribution in [0.4, 0.5) is 5.69 Å². The van der Waals surface area contributed by atoms with Crippen molar-refractivity contribution in [3.05, 3.63) is 35.8 Å². The summed E-state index contributed by atoms with van der Waals surface area (Å²) in [5.41, 5.74) is 4.38. The maximum absolute atomic E-state index is 12.5. The van der Waals surface area contributed by atoms with Gasteiger partial charge in [-0.3, -0.25) is 5.17 Å². The van der Waals surface area contributed by atoms with Crippen LogP contribution in [0.1, 0.15) is 46.5 Å². The molecule has 0 radical (unpaired) electrons. The second kappa shape index (κ2) is 8.11. The Hall–Kier alpha value is -2.08. The molecule has 10 nitrogen and oxygen atoms in total. The summed E-state index contributed by atoms with van der Waals surface area (Å²) in [5.74, 6) is 0. The number of nitrogens with zero attached hydrogens (tertiary/aromatic N) is 4. The first-order valence-electron chi connectivity index (χ1n) is 9.32. The monoisotopic (exact) mass is 409 g/mol. The second-order valence-corrected chi connectivity index (χ2v) is 10.5. The molecule has 0 spiro atoms. The molecule has 28 heavy (non-hydrogen) atoms. The summed E-state index contributed by atoms with van der Waals surface area (Å²) in [6.07, 6.45) is 3.98. The fourth-order valence-corrected chi connectivity index (χ4v) is 4.11. The Morgan fingerprint density at radius 2 is 1.79 bits per heavy atom. The van der Waals surface area contributed by atoms with Crippen molar-refractivity contribution in [2.75, 3.05) is 5.43 Å². The van der Waals surface area contributed by atoms with Gasteiger partial charge in [0.1, 0.15) is 6.04 Å². The van der Waals surface area contributed by atoms with E-state index in [4.69, 9.17) is 0 Å². The summed E-state index contributed by atoms with van der Waals surface area (Å²) >= 11 is 0. The van der Waals surface area contributed by atoms with Crippen LogP contribution in [-0.4, -0.2) is 45.5 Å². The standard InChI is InChI=1S/C17H27N7O3S/c1-17(2,3)28(26,27)21-14-6-10-16(11-7-14)24(25)20-13-4-8-15(9-5-13)23-19-12-18-22-23/h4-5,8-9,12,14,16,20-21,24H,6-7,10-11H2,1-3H3. The molecule has 1 heterocycles. The molecule has 0 aliphatic heterocycles. The minimum absolute atomic E-state index is 0.0382. The lowest BCUT2D eigenvalue weighted by molar-refractivity contribution is -0.854. The summed E-state index contributed by atoms with van der Waals surface area (Å²) < 4.78 is 26.5. The number of sulfonamides is 1. The van der Waals surface area contributed by atoms with Gasteiger partial charge in [0, 0.05) is 18.9 Å². The Bertz CT molecular complexity index is 855. The van der Waals surface area contributed by atoms with Gasteiger partial charge in [-0.15, -0.1) is 15.0 Å². The Morgan fingerprint density at radius 1 is 1.14 bits per heavy atom. The molecule has 154 valence electrons. The van der Waals surface area contributed by atoms with Gasteiger partial charge < -0.3 is 5.21 Å². The molecule has 1 saturated carbocycles. The minimum Gasteiger partial charge on any atom is -0.608 e. The highest BCUT2D eigenvalue weighted by Crippen LogP contribution is 2.21. The van der Waals surface area contributed by atoms with Crippen LogP contribution in [-0.2, 0) is 10.0 Å². The van der Waals surface area contributed by atoms with Crippen molar-refractivity contribution < 1.29 is 13.6 Å². The lowest BCUT2D eigenvalue weighted by Gasteiger charge is -2.37. The van der Waals surface area contributed by atoms with Crippen molar-refractivity contribution in [1.82, 2.24) is 24.9 Å². The van der Waals surface area contributed by atoms with Gasteiger partial charge in [-0.1, -0.05) is 0 Å². The van der Waals surface area contributed by atoms with E-state index in [2.05, 4.69) is 25.6 Å². The Kier molecular flexibility index (Phi) is 5.98. The average molecular weight is 410 g/mol. The van der Waals surface area contributed by atoms with E-state index in [-0.39, 0.29) is 17.3 Å². The topological polar surface area (TPSA) is 129 Å². The Labute approximate surface area is 164 Å². The van der Waals surface area contributed by atoms with Crippen molar-refractivity contribution in [2.45, 2.75) is 63.3 Å². The fraction of sp³-hybridized carbons (Fsp3) is 0.588. The molecular formula is C17H27N7O3S. The zero-order valence-electron chi connectivity index (χ0n) is 16.3. The third kappa shape index (κ3) is 4.85. The first-order valence-corrected chi connectivity index (χ1v) is 10.8. The van der Waals surface area contributed by atoms with Crippen LogP contribution in [0, 0.1) is 5.21 Å². The summed E-state index contributed by atoms with van der Waals surface area (Å²) in [4.78, 5) is 1.39. The Morgan fingerprint density at radius 3 is 2.32 bits per heavy atom. The van der Waals surface area contributed by atoms with Crippen molar-refractivity contribution in [3.63, 3.8) is 0 Å². The number of aromatic nitrogens is 4. The molecule has 3 rings (SSSR count). The van der Waals surface area contributed by atoms with Gasteiger partial charge in [-0.2, -0.15) is 0 Å². The van der Waals surface area contributed by atoms with Crippen LogP contribution in [0.2, 0.25) is 0 Å². The van der Waals surface area contributed by atoms with Crippen LogP contribution in [0.5, 0.6) is 0 Å². The highest BCUT2D eigenvalue weighted by molar-refractivity contribution is 7.90. The molecule has 1 unspecified atom stereocenters. The number of hydrogen-bond donors (Lipinski definition) is 3. The van der Waals surface area contributed by atoms with E-state index in [1.165, 1.54) is 11.1 Å². The lowest BCUT2D eigenvalue weighted by Crippen LogP contribution is -3.14. The van der Waals surface area contributed by atoms with Crippen molar-refractivity contribution in [1.29, 1.82) is 0 Å². The average Bonchev–Trinajstić information content (AvgIpc) is 3.16. The van der Waals surface area contributed by atoms with Crippen LogP contribution in [0.3, 0.4) is 0 Å². The molecule has 1 fully saturated rings. The summed E-state index contributed by atoms with van der Waals surface area (Å²) in [7, 11) is -3.37. The number of anilines is 1. The van der Waals surface area contributed by atoms with Gasteiger partial charge in [-0.25, -0.2) is 18.6 Å². The highest BCUT2D eigenvalue weighted by Gasteiger charge is 2.34. The van der Waals surface area contributed by atoms with Crippen molar-refractivity contribution in [3.8, 4) is 5.69 Å². The van der Waals surface area contributed by atoms with E-state index in [0.717, 1.165) is 5.69 Å². The van der Waals surface area contributed by atoms with Gasteiger partial charge >= 0.3 is 0 Å².